The standard InChI is InChI=1S/C13H21I/c1-9-4-5-11-8-12(14)6-7-13(11,3)10(9)2/h5,9-10,12H,4,6-8H2,1-3H3/t9?,10?,12-,13+/m0/s1. The average Bonchev–Trinajstić information content (AvgIpc) is 2.16. The van der Waals surface area contributed by atoms with Gasteiger partial charge in [0, 0.05) is 3.92 Å². The summed E-state index contributed by atoms with van der Waals surface area (Å²) in [5.41, 5.74) is 2.31. The summed E-state index contributed by atoms with van der Waals surface area (Å²) in [4.78, 5) is 0. The number of fused-ring (bicyclic) bond motifs is 1. The lowest BCUT2D eigenvalue weighted by atomic mass is 9.58. The number of rotatable bonds is 0. The van der Waals surface area contributed by atoms with Crippen LogP contribution in [0.3, 0.4) is 0 Å². The highest BCUT2D eigenvalue weighted by Crippen LogP contribution is 2.53. The molecular weight excluding hydrogens is 283 g/mol. The molecule has 0 N–H and O–H groups in total. The van der Waals surface area contributed by atoms with Gasteiger partial charge in [0.25, 0.3) is 0 Å². The highest BCUT2D eigenvalue weighted by molar-refractivity contribution is 14.1. The lowest BCUT2D eigenvalue weighted by Gasteiger charge is -2.48. The van der Waals surface area contributed by atoms with Crippen LogP contribution in [0.25, 0.3) is 0 Å². The molecule has 1 heteroatoms. The van der Waals surface area contributed by atoms with Gasteiger partial charge >= 0.3 is 0 Å². The first-order chi connectivity index (χ1) is 6.54. The molecule has 0 aliphatic heterocycles. The van der Waals surface area contributed by atoms with E-state index in [1.54, 1.807) is 5.57 Å². The molecule has 4 atom stereocenters. The van der Waals surface area contributed by atoms with E-state index in [1.807, 2.05) is 0 Å². The maximum atomic E-state index is 2.62. The zero-order valence-corrected chi connectivity index (χ0v) is 11.7. The van der Waals surface area contributed by atoms with Gasteiger partial charge in [0.1, 0.15) is 0 Å². The maximum Gasteiger partial charge on any atom is 0.0147 e. The molecular formula is C13H21I. The van der Waals surface area contributed by atoms with Crippen molar-refractivity contribution in [1.82, 2.24) is 0 Å². The maximum absolute atomic E-state index is 2.62. The second-order valence-corrected chi connectivity index (χ2v) is 7.25. The highest BCUT2D eigenvalue weighted by Gasteiger charge is 2.42. The normalized spacial score (nSPS) is 48.3. The van der Waals surface area contributed by atoms with Gasteiger partial charge in [0.15, 0.2) is 0 Å². The molecule has 0 amide bonds. The molecule has 2 rings (SSSR count). The third-order valence-corrected chi connectivity index (χ3v) is 5.81. The third kappa shape index (κ3) is 1.66. The molecule has 2 aliphatic rings. The number of halogens is 1. The van der Waals surface area contributed by atoms with Crippen molar-refractivity contribution in [3.05, 3.63) is 11.6 Å². The quantitative estimate of drug-likeness (QED) is 0.349. The van der Waals surface area contributed by atoms with Crippen LogP contribution in [-0.2, 0) is 0 Å². The van der Waals surface area contributed by atoms with Crippen LogP contribution in [0.2, 0.25) is 0 Å². The van der Waals surface area contributed by atoms with Crippen molar-refractivity contribution in [2.45, 2.75) is 50.4 Å². The summed E-state index contributed by atoms with van der Waals surface area (Å²) < 4.78 is 0.896. The van der Waals surface area contributed by atoms with E-state index in [4.69, 9.17) is 0 Å². The Hall–Kier alpha value is 0.470. The summed E-state index contributed by atoms with van der Waals surface area (Å²) in [6.45, 7) is 7.38. The second-order valence-electron chi connectivity index (χ2n) is 5.49. The van der Waals surface area contributed by atoms with E-state index >= 15 is 0 Å². The number of hydrogen-bond acceptors (Lipinski definition) is 0. The number of allylic oxidation sites excluding steroid dienone is 2. The van der Waals surface area contributed by atoms with Gasteiger partial charge in [0.05, 0.1) is 0 Å². The summed E-state index contributed by atoms with van der Waals surface area (Å²) >= 11 is 2.62. The molecule has 0 saturated heterocycles. The molecule has 2 aliphatic carbocycles. The minimum absolute atomic E-state index is 0.541. The molecule has 0 nitrogen and oxygen atoms in total. The Morgan fingerprint density at radius 3 is 2.86 bits per heavy atom. The molecule has 1 fully saturated rings. The smallest absolute Gasteiger partial charge is 0.0147 e. The molecule has 0 bridgehead atoms. The topological polar surface area (TPSA) is 0 Å². The summed E-state index contributed by atoms with van der Waals surface area (Å²) in [5, 5.41) is 0. The molecule has 0 radical (unpaired) electrons. The summed E-state index contributed by atoms with van der Waals surface area (Å²) in [7, 11) is 0. The van der Waals surface area contributed by atoms with Gasteiger partial charge in [-0.1, -0.05) is 55.0 Å². The second kappa shape index (κ2) is 3.80. The molecule has 80 valence electrons. The first-order valence-corrected chi connectivity index (χ1v) is 7.12. The predicted molar refractivity (Wildman–Crippen MR) is 70.8 cm³/mol. The van der Waals surface area contributed by atoms with Gasteiger partial charge in [-0.05, 0) is 42.9 Å². The van der Waals surface area contributed by atoms with E-state index in [9.17, 15) is 0 Å². The largest absolute Gasteiger partial charge is 0.0845 e. The van der Waals surface area contributed by atoms with Crippen LogP contribution in [0.1, 0.15) is 46.5 Å². The fourth-order valence-corrected chi connectivity index (χ4v) is 3.97. The van der Waals surface area contributed by atoms with Crippen LogP contribution < -0.4 is 0 Å². The molecule has 0 aromatic heterocycles. The average molecular weight is 304 g/mol. The van der Waals surface area contributed by atoms with E-state index in [0.717, 1.165) is 15.8 Å². The predicted octanol–water partition coefficient (Wildman–Crippen LogP) is 4.58. The molecule has 0 aromatic carbocycles. The third-order valence-electron chi connectivity index (χ3n) is 4.75. The van der Waals surface area contributed by atoms with Gasteiger partial charge in [-0.15, -0.1) is 0 Å². The van der Waals surface area contributed by atoms with Gasteiger partial charge in [-0.25, -0.2) is 0 Å². The van der Waals surface area contributed by atoms with Crippen molar-refractivity contribution in [2.24, 2.45) is 17.3 Å². The van der Waals surface area contributed by atoms with Gasteiger partial charge in [-0.3, -0.25) is 0 Å². The highest BCUT2D eigenvalue weighted by atomic mass is 127. The zero-order chi connectivity index (χ0) is 10.3. The van der Waals surface area contributed by atoms with Crippen molar-refractivity contribution in [3.63, 3.8) is 0 Å². The van der Waals surface area contributed by atoms with Crippen LogP contribution in [0.15, 0.2) is 11.6 Å². The van der Waals surface area contributed by atoms with E-state index in [0.29, 0.717) is 5.41 Å². The van der Waals surface area contributed by atoms with Crippen molar-refractivity contribution in [1.29, 1.82) is 0 Å². The van der Waals surface area contributed by atoms with Gasteiger partial charge in [0.2, 0.25) is 0 Å². The summed E-state index contributed by atoms with van der Waals surface area (Å²) in [5.74, 6) is 1.76. The van der Waals surface area contributed by atoms with Crippen molar-refractivity contribution in [3.8, 4) is 0 Å². The first kappa shape index (κ1) is 11.0. The minimum atomic E-state index is 0.541. The van der Waals surface area contributed by atoms with Gasteiger partial charge in [-0.2, -0.15) is 0 Å². The Bertz CT molecular complexity index is 256. The number of alkyl halides is 1. The van der Waals surface area contributed by atoms with E-state index in [1.165, 1.54) is 25.7 Å². The van der Waals surface area contributed by atoms with Gasteiger partial charge < -0.3 is 0 Å². The van der Waals surface area contributed by atoms with Crippen LogP contribution in [0, 0.1) is 17.3 Å². The lowest BCUT2D eigenvalue weighted by Crippen LogP contribution is -2.39. The number of hydrogen-bond donors (Lipinski definition) is 0. The molecule has 1 saturated carbocycles. The molecule has 14 heavy (non-hydrogen) atoms. The van der Waals surface area contributed by atoms with E-state index in [-0.39, 0.29) is 0 Å². The van der Waals surface area contributed by atoms with Crippen molar-refractivity contribution < 1.29 is 0 Å². The molecule has 2 unspecified atom stereocenters. The molecule has 0 spiro atoms. The fraction of sp³-hybridized carbons (Fsp3) is 0.846. The lowest BCUT2D eigenvalue weighted by molar-refractivity contribution is 0.136. The Morgan fingerprint density at radius 1 is 1.43 bits per heavy atom. The Kier molecular flexibility index (Phi) is 2.98. The monoisotopic (exact) mass is 304 g/mol. The fourth-order valence-electron chi connectivity index (χ4n) is 3.19. The van der Waals surface area contributed by atoms with E-state index in [2.05, 4.69) is 49.4 Å². The Labute approximate surface area is 102 Å². The van der Waals surface area contributed by atoms with Crippen LogP contribution in [-0.4, -0.2) is 3.92 Å². The van der Waals surface area contributed by atoms with Crippen molar-refractivity contribution >= 4 is 22.6 Å². The molecule has 0 heterocycles. The first-order valence-electron chi connectivity index (χ1n) is 5.87. The van der Waals surface area contributed by atoms with Crippen LogP contribution in [0.4, 0.5) is 0 Å². The zero-order valence-electron chi connectivity index (χ0n) is 9.52. The summed E-state index contributed by atoms with van der Waals surface area (Å²) in [6.07, 6.45) is 8.06. The van der Waals surface area contributed by atoms with Crippen molar-refractivity contribution in [2.75, 3.05) is 0 Å². The minimum Gasteiger partial charge on any atom is -0.0845 e. The SMILES string of the molecule is CC1CC=C2C[C@@H](I)CC[C@]2(C)C1C. The summed E-state index contributed by atoms with van der Waals surface area (Å²) in [6, 6.07) is 0. The van der Waals surface area contributed by atoms with Crippen LogP contribution >= 0.6 is 22.6 Å². The van der Waals surface area contributed by atoms with Crippen LogP contribution in [0.5, 0.6) is 0 Å². The van der Waals surface area contributed by atoms with E-state index < -0.39 is 0 Å². The Balaban J connectivity index is 2.28. The Morgan fingerprint density at radius 2 is 2.14 bits per heavy atom. The molecule has 0 aromatic rings.